The fraction of sp³-hybridized carbons (Fsp3) is 0.615. The maximum atomic E-state index is 11.8. The monoisotopic (exact) mass is 279 g/mol. The van der Waals surface area contributed by atoms with E-state index in [0.717, 1.165) is 12.4 Å². The highest BCUT2D eigenvalue weighted by Gasteiger charge is 2.25. The number of ether oxygens (including phenoxy) is 1. The Morgan fingerprint density at radius 2 is 2.20 bits per heavy atom. The van der Waals surface area contributed by atoms with Crippen molar-refractivity contribution in [2.75, 3.05) is 38.6 Å². The first-order chi connectivity index (χ1) is 9.51. The van der Waals surface area contributed by atoms with Gasteiger partial charge in [0, 0.05) is 33.7 Å². The lowest BCUT2D eigenvalue weighted by molar-refractivity contribution is -0.0107. The summed E-state index contributed by atoms with van der Waals surface area (Å²) >= 11 is 0. The highest BCUT2D eigenvalue weighted by molar-refractivity contribution is 5.91. The van der Waals surface area contributed by atoms with E-state index >= 15 is 0 Å². The molecule has 0 aliphatic carbocycles. The van der Waals surface area contributed by atoms with Crippen molar-refractivity contribution in [1.82, 2.24) is 15.1 Å². The van der Waals surface area contributed by atoms with Gasteiger partial charge in [0.2, 0.25) is 0 Å². The van der Waals surface area contributed by atoms with Gasteiger partial charge >= 0.3 is 0 Å². The lowest BCUT2D eigenvalue weighted by Gasteiger charge is -2.36. The van der Waals surface area contributed by atoms with Crippen LogP contribution in [0.15, 0.2) is 12.1 Å². The van der Waals surface area contributed by atoms with Crippen LogP contribution in [0.2, 0.25) is 0 Å². The molecular weight excluding hydrogens is 258 g/mol. The second-order valence-electron chi connectivity index (χ2n) is 5.19. The molecule has 1 aliphatic rings. The number of carbonyl (C=O) groups excluding carboxylic acids is 1. The lowest BCUT2D eigenvalue weighted by atomic mass is 10.2. The van der Waals surface area contributed by atoms with Crippen LogP contribution in [0.5, 0.6) is 0 Å². The number of morpholine rings is 1. The summed E-state index contributed by atoms with van der Waals surface area (Å²) in [6.45, 7) is 3.92. The first-order valence-electron chi connectivity index (χ1n) is 6.67. The van der Waals surface area contributed by atoms with Crippen molar-refractivity contribution in [1.29, 1.82) is 0 Å². The maximum Gasteiger partial charge on any atom is 0.273 e. The molecular formula is C13H21N5O2. The summed E-state index contributed by atoms with van der Waals surface area (Å²) in [4.78, 5) is 15.3. The summed E-state index contributed by atoms with van der Waals surface area (Å²) in [5.41, 5.74) is 6.01. The molecule has 0 aromatic carbocycles. The third-order valence-electron chi connectivity index (χ3n) is 3.19. The number of rotatable bonds is 3. The largest absolute Gasteiger partial charge is 0.370 e. The third-order valence-corrected chi connectivity index (χ3v) is 3.19. The molecule has 1 aromatic heterocycles. The van der Waals surface area contributed by atoms with Crippen LogP contribution in [0.1, 0.15) is 17.4 Å². The van der Waals surface area contributed by atoms with Gasteiger partial charge in [-0.25, -0.2) is 0 Å². The molecule has 0 radical (unpaired) electrons. The molecule has 0 saturated carbocycles. The molecule has 2 unspecified atom stereocenters. The molecule has 7 nitrogen and oxygen atoms in total. The Balaban J connectivity index is 2.11. The summed E-state index contributed by atoms with van der Waals surface area (Å²) in [5.74, 6) is 0.591. The van der Waals surface area contributed by atoms with Crippen LogP contribution in [0.3, 0.4) is 0 Å². The van der Waals surface area contributed by atoms with E-state index in [1.807, 2.05) is 13.0 Å². The molecule has 2 heterocycles. The standard InChI is InChI=1S/C13H21N5O2/c1-9-7-18(8-10(6-14)20-9)12-5-4-11(15-16-12)13(19)17(2)3/h4-5,9-10H,6-8,14H2,1-3H3. The molecule has 1 fully saturated rings. The van der Waals surface area contributed by atoms with E-state index in [-0.39, 0.29) is 18.1 Å². The summed E-state index contributed by atoms with van der Waals surface area (Å²) in [5, 5.41) is 8.14. The van der Waals surface area contributed by atoms with Gasteiger partial charge in [-0.2, -0.15) is 0 Å². The first-order valence-corrected chi connectivity index (χ1v) is 6.67. The summed E-state index contributed by atoms with van der Waals surface area (Å²) in [7, 11) is 3.38. The minimum Gasteiger partial charge on any atom is -0.370 e. The van der Waals surface area contributed by atoms with Gasteiger partial charge < -0.3 is 20.3 Å². The lowest BCUT2D eigenvalue weighted by Crippen LogP contribution is -2.49. The number of hydrogen-bond donors (Lipinski definition) is 1. The molecule has 1 aromatic rings. The number of nitrogens with two attached hydrogens (primary N) is 1. The zero-order valence-electron chi connectivity index (χ0n) is 12.1. The molecule has 2 rings (SSSR count). The smallest absolute Gasteiger partial charge is 0.273 e. The molecule has 110 valence electrons. The highest BCUT2D eigenvalue weighted by Crippen LogP contribution is 2.17. The van der Waals surface area contributed by atoms with Crippen molar-refractivity contribution in [3.8, 4) is 0 Å². The molecule has 7 heteroatoms. The second-order valence-corrected chi connectivity index (χ2v) is 5.19. The van der Waals surface area contributed by atoms with Gasteiger partial charge in [-0.3, -0.25) is 4.79 Å². The van der Waals surface area contributed by atoms with Gasteiger partial charge in [0.15, 0.2) is 11.5 Å². The fourth-order valence-corrected chi connectivity index (χ4v) is 2.20. The van der Waals surface area contributed by atoms with Crippen LogP contribution in [0.4, 0.5) is 5.82 Å². The van der Waals surface area contributed by atoms with Crippen molar-refractivity contribution in [2.45, 2.75) is 19.1 Å². The van der Waals surface area contributed by atoms with Crippen molar-refractivity contribution in [3.05, 3.63) is 17.8 Å². The topological polar surface area (TPSA) is 84.6 Å². The van der Waals surface area contributed by atoms with E-state index in [1.165, 1.54) is 4.90 Å². The Morgan fingerprint density at radius 3 is 2.75 bits per heavy atom. The molecule has 0 bridgehead atoms. The molecule has 2 N–H and O–H groups in total. The van der Waals surface area contributed by atoms with E-state index in [4.69, 9.17) is 10.5 Å². The quantitative estimate of drug-likeness (QED) is 0.820. The number of aromatic nitrogens is 2. The van der Waals surface area contributed by atoms with Crippen molar-refractivity contribution >= 4 is 11.7 Å². The number of anilines is 1. The highest BCUT2D eigenvalue weighted by atomic mass is 16.5. The van der Waals surface area contributed by atoms with Crippen molar-refractivity contribution < 1.29 is 9.53 Å². The average Bonchev–Trinajstić information content (AvgIpc) is 2.45. The Hall–Kier alpha value is -1.73. The molecule has 1 saturated heterocycles. The van der Waals surface area contributed by atoms with E-state index in [9.17, 15) is 4.79 Å². The van der Waals surface area contributed by atoms with E-state index in [1.54, 1.807) is 20.2 Å². The van der Waals surface area contributed by atoms with Gasteiger partial charge in [0.1, 0.15) is 0 Å². The van der Waals surface area contributed by atoms with Crippen LogP contribution < -0.4 is 10.6 Å². The second kappa shape index (κ2) is 6.15. The van der Waals surface area contributed by atoms with E-state index in [0.29, 0.717) is 18.8 Å². The minimum absolute atomic E-state index is 0.00336. The molecule has 1 aliphatic heterocycles. The average molecular weight is 279 g/mol. The van der Waals surface area contributed by atoms with Gasteiger partial charge in [0.05, 0.1) is 12.2 Å². The Morgan fingerprint density at radius 1 is 1.45 bits per heavy atom. The van der Waals surface area contributed by atoms with Crippen molar-refractivity contribution in [2.24, 2.45) is 5.73 Å². The van der Waals surface area contributed by atoms with E-state index in [2.05, 4.69) is 15.1 Å². The van der Waals surface area contributed by atoms with E-state index < -0.39 is 0 Å². The van der Waals surface area contributed by atoms with Gasteiger partial charge in [-0.05, 0) is 19.1 Å². The summed E-state index contributed by atoms with van der Waals surface area (Å²) in [6.07, 6.45) is 0.103. The zero-order valence-corrected chi connectivity index (χ0v) is 12.1. The predicted molar refractivity (Wildman–Crippen MR) is 75.7 cm³/mol. The number of carbonyl (C=O) groups is 1. The summed E-state index contributed by atoms with van der Waals surface area (Å²) in [6, 6.07) is 3.51. The Kier molecular flexibility index (Phi) is 4.51. The maximum absolute atomic E-state index is 11.8. The SMILES string of the molecule is CC1CN(c2ccc(C(=O)N(C)C)nn2)CC(CN)O1. The zero-order chi connectivity index (χ0) is 14.7. The number of hydrogen-bond acceptors (Lipinski definition) is 6. The Bertz CT molecular complexity index is 462. The van der Waals surface area contributed by atoms with Crippen LogP contribution in [0, 0.1) is 0 Å². The number of amides is 1. The molecule has 1 amide bonds. The minimum atomic E-state index is -0.153. The van der Waals surface area contributed by atoms with Crippen LogP contribution in [-0.2, 0) is 4.74 Å². The molecule has 0 spiro atoms. The fourth-order valence-electron chi connectivity index (χ4n) is 2.20. The van der Waals surface area contributed by atoms with Gasteiger partial charge in [-0.1, -0.05) is 0 Å². The van der Waals surface area contributed by atoms with Crippen LogP contribution in [0.25, 0.3) is 0 Å². The van der Waals surface area contributed by atoms with Crippen LogP contribution >= 0.6 is 0 Å². The van der Waals surface area contributed by atoms with Gasteiger partial charge in [-0.15, -0.1) is 10.2 Å². The normalized spacial score (nSPS) is 22.7. The Labute approximate surface area is 118 Å². The van der Waals surface area contributed by atoms with Crippen LogP contribution in [-0.4, -0.2) is 66.9 Å². The summed E-state index contributed by atoms with van der Waals surface area (Å²) < 4.78 is 5.70. The first kappa shape index (κ1) is 14.7. The predicted octanol–water partition coefficient (Wildman–Crippen LogP) is -0.269. The molecule has 2 atom stereocenters. The number of nitrogens with zero attached hydrogens (tertiary/aromatic N) is 4. The van der Waals surface area contributed by atoms with Crippen molar-refractivity contribution in [3.63, 3.8) is 0 Å². The molecule has 20 heavy (non-hydrogen) atoms. The van der Waals surface area contributed by atoms with Gasteiger partial charge in [0.25, 0.3) is 5.91 Å². The third kappa shape index (κ3) is 3.23.